The van der Waals surface area contributed by atoms with E-state index in [0.29, 0.717) is 23.8 Å². The van der Waals surface area contributed by atoms with Gasteiger partial charge in [0.1, 0.15) is 0 Å². The van der Waals surface area contributed by atoms with Crippen molar-refractivity contribution >= 4 is 17.3 Å². The number of anilines is 2. The Morgan fingerprint density at radius 2 is 1.70 bits per heavy atom. The molecule has 1 fully saturated rings. The molecule has 1 amide bonds. The van der Waals surface area contributed by atoms with Gasteiger partial charge in [0, 0.05) is 49.7 Å². The first-order valence-electron chi connectivity index (χ1n) is 10.6. The number of aromatic nitrogens is 2. The molecule has 0 bridgehead atoms. The highest BCUT2D eigenvalue weighted by atomic mass is 16.1. The van der Waals surface area contributed by atoms with Crippen molar-refractivity contribution in [3.8, 4) is 0 Å². The van der Waals surface area contributed by atoms with Crippen molar-refractivity contribution in [2.75, 3.05) is 36.4 Å². The third-order valence-corrected chi connectivity index (χ3v) is 5.62. The summed E-state index contributed by atoms with van der Waals surface area (Å²) in [5.74, 6) is -0.120. The van der Waals surface area contributed by atoms with Crippen LogP contribution in [-0.2, 0) is 6.54 Å². The Bertz CT molecular complexity index is 957. The van der Waals surface area contributed by atoms with Crippen molar-refractivity contribution in [2.24, 2.45) is 0 Å². The van der Waals surface area contributed by atoms with Crippen LogP contribution in [0.25, 0.3) is 0 Å². The van der Waals surface area contributed by atoms with E-state index in [1.807, 2.05) is 53.3 Å². The lowest BCUT2D eigenvalue weighted by molar-refractivity contribution is 0.102. The number of benzene rings is 2. The van der Waals surface area contributed by atoms with Crippen LogP contribution in [0.5, 0.6) is 0 Å². The van der Waals surface area contributed by atoms with Crippen molar-refractivity contribution < 1.29 is 4.79 Å². The Morgan fingerprint density at radius 1 is 1.00 bits per heavy atom. The van der Waals surface area contributed by atoms with Crippen molar-refractivity contribution in [1.29, 1.82) is 0 Å². The second kappa shape index (κ2) is 9.13. The molecule has 0 unspecified atom stereocenters. The molecule has 1 saturated heterocycles. The average molecular weight is 404 g/mol. The number of nitrogens with zero attached hydrogens (tertiary/aromatic N) is 4. The minimum atomic E-state index is -0.120. The van der Waals surface area contributed by atoms with Gasteiger partial charge in [0.05, 0.1) is 18.4 Å². The molecule has 1 aromatic heterocycles. The molecule has 3 aromatic rings. The summed E-state index contributed by atoms with van der Waals surface area (Å²) in [5, 5.41) is 7.28. The minimum absolute atomic E-state index is 0.120. The summed E-state index contributed by atoms with van der Waals surface area (Å²) < 4.78 is 1.82. The molecular weight excluding hydrogens is 374 g/mol. The van der Waals surface area contributed by atoms with E-state index in [2.05, 4.69) is 46.2 Å². The number of hydrogen-bond acceptors (Lipinski definition) is 4. The van der Waals surface area contributed by atoms with Gasteiger partial charge in [0.15, 0.2) is 0 Å². The van der Waals surface area contributed by atoms with Crippen molar-refractivity contribution in [1.82, 2.24) is 14.7 Å². The first kappa shape index (κ1) is 20.2. The van der Waals surface area contributed by atoms with Gasteiger partial charge in [-0.1, -0.05) is 30.3 Å². The number of hydrogen-bond donors (Lipinski definition) is 1. The molecule has 0 spiro atoms. The maximum absolute atomic E-state index is 12.6. The van der Waals surface area contributed by atoms with Crippen LogP contribution in [0.2, 0.25) is 0 Å². The molecule has 1 aliphatic rings. The highest BCUT2D eigenvalue weighted by molar-refractivity contribution is 6.04. The van der Waals surface area contributed by atoms with E-state index < -0.39 is 0 Å². The van der Waals surface area contributed by atoms with Gasteiger partial charge in [0.25, 0.3) is 5.91 Å². The zero-order valence-electron chi connectivity index (χ0n) is 17.7. The maximum Gasteiger partial charge on any atom is 0.255 e. The summed E-state index contributed by atoms with van der Waals surface area (Å²) in [6.45, 7) is 9.35. The van der Waals surface area contributed by atoms with Gasteiger partial charge < -0.3 is 10.2 Å². The second-order valence-electron chi connectivity index (χ2n) is 8.03. The SMILES string of the molecule is CC(C)N1CCN(c2ccc(C(=O)Nc3cnn(Cc4ccccc4)c3)cc2)CC1. The number of carbonyl (C=O) groups excluding carboxylic acids is 1. The fourth-order valence-electron chi connectivity index (χ4n) is 3.81. The van der Waals surface area contributed by atoms with Gasteiger partial charge in [-0.2, -0.15) is 5.10 Å². The molecule has 30 heavy (non-hydrogen) atoms. The Labute approximate surface area is 178 Å². The molecule has 2 aromatic carbocycles. The molecule has 0 radical (unpaired) electrons. The third-order valence-electron chi connectivity index (χ3n) is 5.62. The number of amides is 1. The zero-order chi connectivity index (χ0) is 20.9. The van der Waals surface area contributed by atoms with Gasteiger partial charge in [-0.05, 0) is 43.7 Å². The minimum Gasteiger partial charge on any atom is -0.369 e. The van der Waals surface area contributed by atoms with E-state index in [1.54, 1.807) is 6.20 Å². The summed E-state index contributed by atoms with van der Waals surface area (Å²) in [7, 11) is 0. The third kappa shape index (κ3) is 4.89. The van der Waals surface area contributed by atoms with Crippen LogP contribution in [0.4, 0.5) is 11.4 Å². The van der Waals surface area contributed by atoms with E-state index in [1.165, 1.54) is 11.3 Å². The topological polar surface area (TPSA) is 53.4 Å². The fourth-order valence-corrected chi connectivity index (χ4v) is 3.81. The molecule has 4 rings (SSSR count). The van der Waals surface area contributed by atoms with E-state index in [4.69, 9.17) is 0 Å². The maximum atomic E-state index is 12.6. The second-order valence-corrected chi connectivity index (χ2v) is 8.03. The summed E-state index contributed by atoms with van der Waals surface area (Å²) in [5.41, 5.74) is 3.69. The number of nitrogens with one attached hydrogen (secondary N) is 1. The van der Waals surface area contributed by atoms with Gasteiger partial charge in [0.2, 0.25) is 0 Å². The van der Waals surface area contributed by atoms with E-state index >= 15 is 0 Å². The summed E-state index contributed by atoms with van der Waals surface area (Å²) in [6.07, 6.45) is 3.54. The van der Waals surface area contributed by atoms with Crippen LogP contribution in [0.1, 0.15) is 29.8 Å². The van der Waals surface area contributed by atoms with Crippen molar-refractivity contribution in [3.63, 3.8) is 0 Å². The van der Waals surface area contributed by atoms with Crippen LogP contribution in [-0.4, -0.2) is 52.8 Å². The van der Waals surface area contributed by atoms with Crippen molar-refractivity contribution in [3.05, 3.63) is 78.1 Å². The summed E-state index contributed by atoms with van der Waals surface area (Å²) in [4.78, 5) is 17.5. The molecule has 1 aliphatic heterocycles. The fraction of sp³-hybridized carbons (Fsp3) is 0.333. The Morgan fingerprint density at radius 3 is 2.37 bits per heavy atom. The lowest BCUT2D eigenvalue weighted by Crippen LogP contribution is -2.48. The number of rotatable bonds is 6. The first-order valence-corrected chi connectivity index (χ1v) is 10.6. The van der Waals surface area contributed by atoms with Crippen molar-refractivity contribution in [2.45, 2.75) is 26.4 Å². The normalized spacial score (nSPS) is 14.8. The zero-order valence-corrected chi connectivity index (χ0v) is 17.7. The van der Waals surface area contributed by atoms with Gasteiger partial charge >= 0.3 is 0 Å². The Kier molecular flexibility index (Phi) is 6.14. The smallest absolute Gasteiger partial charge is 0.255 e. The average Bonchev–Trinajstić information content (AvgIpc) is 3.21. The van der Waals surface area contributed by atoms with Gasteiger partial charge in [-0.25, -0.2) is 0 Å². The number of piperazine rings is 1. The van der Waals surface area contributed by atoms with E-state index in [-0.39, 0.29) is 5.91 Å². The van der Waals surface area contributed by atoms with Crippen LogP contribution in [0.3, 0.4) is 0 Å². The Balaban J connectivity index is 1.33. The van der Waals surface area contributed by atoms with Crippen LogP contribution < -0.4 is 10.2 Å². The molecule has 0 aliphatic carbocycles. The lowest BCUT2D eigenvalue weighted by atomic mass is 10.1. The molecule has 156 valence electrons. The lowest BCUT2D eigenvalue weighted by Gasteiger charge is -2.38. The van der Waals surface area contributed by atoms with Crippen LogP contribution in [0.15, 0.2) is 67.0 Å². The van der Waals surface area contributed by atoms with E-state index in [0.717, 1.165) is 26.2 Å². The largest absolute Gasteiger partial charge is 0.369 e. The highest BCUT2D eigenvalue weighted by Gasteiger charge is 2.19. The molecule has 0 saturated carbocycles. The molecule has 1 N–H and O–H groups in total. The van der Waals surface area contributed by atoms with Crippen LogP contribution >= 0.6 is 0 Å². The molecular formula is C24H29N5O. The standard InChI is InChI=1S/C24H29N5O/c1-19(2)27-12-14-28(15-13-27)23-10-8-21(9-11-23)24(30)26-22-16-25-29(18-22)17-20-6-4-3-5-7-20/h3-11,16,18-19H,12-15,17H2,1-2H3,(H,26,30). The predicted octanol–water partition coefficient (Wildman–Crippen LogP) is 3.71. The predicted molar refractivity (Wildman–Crippen MR) is 121 cm³/mol. The summed E-state index contributed by atoms with van der Waals surface area (Å²) >= 11 is 0. The molecule has 2 heterocycles. The first-order chi connectivity index (χ1) is 14.6. The molecule has 6 nitrogen and oxygen atoms in total. The van der Waals surface area contributed by atoms with Gasteiger partial charge in [-0.15, -0.1) is 0 Å². The Hall–Kier alpha value is -3.12. The number of carbonyl (C=O) groups is 1. The van der Waals surface area contributed by atoms with Crippen LogP contribution in [0, 0.1) is 0 Å². The molecule has 0 atom stereocenters. The molecule has 6 heteroatoms. The van der Waals surface area contributed by atoms with Gasteiger partial charge in [-0.3, -0.25) is 14.4 Å². The highest BCUT2D eigenvalue weighted by Crippen LogP contribution is 2.19. The van der Waals surface area contributed by atoms with E-state index in [9.17, 15) is 4.79 Å². The quantitative estimate of drug-likeness (QED) is 0.682. The summed E-state index contributed by atoms with van der Waals surface area (Å²) in [6, 6.07) is 18.6. The monoisotopic (exact) mass is 403 g/mol.